The predicted molar refractivity (Wildman–Crippen MR) is 57.3 cm³/mol. The Bertz CT molecular complexity index is 574. The highest BCUT2D eigenvalue weighted by Gasteiger charge is 2.31. The minimum Gasteiger partial charge on any atom is -0.300 e. The van der Waals surface area contributed by atoms with E-state index in [-0.39, 0.29) is 17.0 Å². The first-order valence-electron chi connectivity index (χ1n) is 4.67. The van der Waals surface area contributed by atoms with E-state index in [0.717, 1.165) is 4.40 Å². The van der Waals surface area contributed by atoms with Gasteiger partial charge in [-0.2, -0.15) is 13.2 Å². The van der Waals surface area contributed by atoms with E-state index < -0.39 is 18.4 Å². The number of hydrogen-bond donors (Lipinski definition) is 0. The summed E-state index contributed by atoms with van der Waals surface area (Å²) in [6.45, 7) is 1.43. The van der Waals surface area contributed by atoms with Crippen molar-refractivity contribution in [3.05, 3.63) is 33.9 Å². The van der Waals surface area contributed by atoms with Gasteiger partial charge in [0.25, 0.3) is 0 Å². The molecular weight excluding hydrogens is 304 g/mol. The van der Waals surface area contributed by atoms with Gasteiger partial charge in [-0.15, -0.1) is 0 Å². The summed E-state index contributed by atoms with van der Waals surface area (Å²) in [5, 5.41) is 0. The Hall–Kier alpha value is -1.11. The highest BCUT2D eigenvalue weighted by atomic mass is 79.9. The van der Waals surface area contributed by atoms with Gasteiger partial charge in [0.1, 0.15) is 0 Å². The van der Waals surface area contributed by atoms with Crippen molar-refractivity contribution in [1.29, 1.82) is 0 Å². The van der Waals surface area contributed by atoms with Crippen molar-refractivity contribution in [2.24, 2.45) is 0 Å². The zero-order chi connectivity index (χ0) is 12.8. The Morgan fingerprint density at radius 1 is 1.41 bits per heavy atom. The summed E-state index contributed by atoms with van der Waals surface area (Å²) >= 11 is 3.04. The van der Waals surface area contributed by atoms with Crippen LogP contribution in [0.1, 0.15) is 11.4 Å². The number of hydrogen-bond acceptors (Lipinski definition) is 1. The number of pyridine rings is 1. The molecule has 0 aliphatic heterocycles. The lowest BCUT2D eigenvalue weighted by atomic mass is 10.2. The third-order valence-corrected chi connectivity index (χ3v) is 2.74. The third kappa shape index (κ3) is 2.43. The molecule has 0 aromatic carbocycles. The Kier molecular flexibility index (Phi) is 2.89. The van der Waals surface area contributed by atoms with Crippen LogP contribution in [0, 0.1) is 12.7 Å². The summed E-state index contributed by atoms with van der Waals surface area (Å²) in [5.74, 6) is -0.657. The number of halogens is 5. The number of aromatic nitrogens is 2. The zero-order valence-electron chi connectivity index (χ0n) is 8.65. The van der Waals surface area contributed by atoms with E-state index in [1.807, 2.05) is 0 Å². The summed E-state index contributed by atoms with van der Waals surface area (Å²) in [6, 6.07) is 1.17. The van der Waals surface area contributed by atoms with Crippen LogP contribution in [-0.2, 0) is 6.42 Å². The molecule has 0 N–H and O–H groups in total. The van der Waals surface area contributed by atoms with Gasteiger partial charge < -0.3 is 0 Å². The number of nitrogens with zero attached hydrogens (tertiary/aromatic N) is 2. The van der Waals surface area contributed by atoms with Crippen molar-refractivity contribution < 1.29 is 17.6 Å². The van der Waals surface area contributed by atoms with Crippen molar-refractivity contribution in [1.82, 2.24) is 9.38 Å². The molecule has 2 rings (SSSR count). The summed E-state index contributed by atoms with van der Waals surface area (Å²) < 4.78 is 52.1. The standard InChI is InChI=1S/C10H7BrF4N2/c1-5-8(3-10(13,14)15)17-4-6(11)2-7(12)9(17)16-5/h2,4H,3H2,1H3. The maximum Gasteiger partial charge on any atom is 0.394 e. The van der Waals surface area contributed by atoms with E-state index in [0.29, 0.717) is 4.47 Å². The highest BCUT2D eigenvalue weighted by molar-refractivity contribution is 9.10. The molecule has 0 unspecified atom stereocenters. The average molecular weight is 311 g/mol. The molecule has 17 heavy (non-hydrogen) atoms. The number of imidazole rings is 1. The SMILES string of the molecule is Cc1nc2c(F)cc(Br)cn2c1CC(F)(F)F. The fourth-order valence-corrected chi connectivity index (χ4v) is 2.04. The Balaban J connectivity index is 2.66. The second-order valence-corrected chi connectivity index (χ2v) is 4.55. The van der Waals surface area contributed by atoms with Crippen LogP contribution in [0.2, 0.25) is 0 Å². The van der Waals surface area contributed by atoms with Crippen molar-refractivity contribution >= 4 is 21.6 Å². The summed E-state index contributed by atoms with van der Waals surface area (Å²) in [5.41, 5.74) is 0.0389. The fourth-order valence-electron chi connectivity index (χ4n) is 1.64. The molecule has 0 radical (unpaired) electrons. The number of fused-ring (bicyclic) bond motifs is 1. The van der Waals surface area contributed by atoms with Gasteiger partial charge in [-0.05, 0) is 28.9 Å². The zero-order valence-corrected chi connectivity index (χ0v) is 10.2. The average Bonchev–Trinajstić information content (AvgIpc) is 2.43. The Morgan fingerprint density at radius 3 is 2.65 bits per heavy atom. The largest absolute Gasteiger partial charge is 0.394 e. The second kappa shape index (κ2) is 3.97. The summed E-state index contributed by atoms with van der Waals surface area (Å²) in [4.78, 5) is 3.81. The van der Waals surface area contributed by atoms with E-state index in [1.54, 1.807) is 0 Å². The molecule has 0 amide bonds. The van der Waals surface area contributed by atoms with Crippen LogP contribution < -0.4 is 0 Å². The van der Waals surface area contributed by atoms with Crippen LogP contribution in [0.4, 0.5) is 17.6 Å². The topological polar surface area (TPSA) is 17.3 Å². The van der Waals surface area contributed by atoms with Crippen LogP contribution in [0.3, 0.4) is 0 Å². The molecule has 0 saturated carbocycles. The van der Waals surface area contributed by atoms with Crippen LogP contribution in [0.5, 0.6) is 0 Å². The second-order valence-electron chi connectivity index (χ2n) is 3.64. The van der Waals surface area contributed by atoms with Crippen LogP contribution in [0.15, 0.2) is 16.7 Å². The van der Waals surface area contributed by atoms with E-state index in [4.69, 9.17) is 0 Å². The van der Waals surface area contributed by atoms with Gasteiger partial charge in [0.15, 0.2) is 11.5 Å². The summed E-state index contributed by atoms with van der Waals surface area (Å²) in [7, 11) is 0. The van der Waals surface area contributed by atoms with Crippen molar-refractivity contribution in [2.75, 3.05) is 0 Å². The predicted octanol–water partition coefficient (Wildman–Crippen LogP) is 3.65. The van der Waals surface area contributed by atoms with Gasteiger partial charge in [0.05, 0.1) is 17.8 Å². The van der Waals surface area contributed by atoms with Gasteiger partial charge in [0, 0.05) is 10.7 Å². The van der Waals surface area contributed by atoms with Crippen LogP contribution in [0.25, 0.3) is 5.65 Å². The molecule has 2 aromatic rings. The molecule has 7 heteroatoms. The molecule has 0 aliphatic rings. The first kappa shape index (κ1) is 12.3. The molecule has 0 saturated heterocycles. The van der Waals surface area contributed by atoms with E-state index in [2.05, 4.69) is 20.9 Å². The van der Waals surface area contributed by atoms with Gasteiger partial charge in [-0.1, -0.05) is 0 Å². The molecule has 2 aromatic heterocycles. The highest BCUT2D eigenvalue weighted by Crippen LogP contribution is 2.26. The molecule has 0 fully saturated rings. The quantitative estimate of drug-likeness (QED) is 0.735. The molecule has 2 heterocycles. The van der Waals surface area contributed by atoms with Gasteiger partial charge in [-0.3, -0.25) is 4.40 Å². The molecule has 2 nitrogen and oxygen atoms in total. The fraction of sp³-hybridized carbons (Fsp3) is 0.300. The molecular formula is C10H7BrF4N2. The molecule has 0 atom stereocenters. The first-order valence-corrected chi connectivity index (χ1v) is 5.46. The molecule has 0 spiro atoms. The molecule has 0 aliphatic carbocycles. The van der Waals surface area contributed by atoms with Gasteiger partial charge in [0.2, 0.25) is 0 Å². The third-order valence-electron chi connectivity index (χ3n) is 2.31. The Morgan fingerprint density at radius 2 is 2.06 bits per heavy atom. The van der Waals surface area contributed by atoms with E-state index >= 15 is 0 Å². The smallest absolute Gasteiger partial charge is 0.300 e. The molecule has 0 bridgehead atoms. The van der Waals surface area contributed by atoms with Crippen molar-refractivity contribution in [2.45, 2.75) is 19.5 Å². The summed E-state index contributed by atoms with van der Waals surface area (Å²) in [6.07, 6.45) is -4.10. The maximum atomic E-state index is 13.5. The van der Waals surface area contributed by atoms with Gasteiger partial charge in [-0.25, -0.2) is 9.37 Å². The Labute approximate surface area is 102 Å². The van der Waals surface area contributed by atoms with Crippen LogP contribution >= 0.6 is 15.9 Å². The number of rotatable bonds is 1. The lowest BCUT2D eigenvalue weighted by Gasteiger charge is -2.07. The van der Waals surface area contributed by atoms with Gasteiger partial charge >= 0.3 is 6.18 Å². The normalized spacial score (nSPS) is 12.4. The lowest BCUT2D eigenvalue weighted by Crippen LogP contribution is -2.14. The molecule has 92 valence electrons. The maximum absolute atomic E-state index is 13.5. The minimum absolute atomic E-state index is 0.0484. The first-order chi connectivity index (χ1) is 7.78. The minimum atomic E-state index is -4.35. The monoisotopic (exact) mass is 310 g/mol. The van der Waals surface area contributed by atoms with Crippen molar-refractivity contribution in [3.63, 3.8) is 0 Å². The van der Waals surface area contributed by atoms with Crippen LogP contribution in [-0.4, -0.2) is 15.6 Å². The lowest BCUT2D eigenvalue weighted by molar-refractivity contribution is -0.128. The van der Waals surface area contributed by atoms with Crippen molar-refractivity contribution in [3.8, 4) is 0 Å². The number of aryl methyl sites for hydroxylation is 1. The van der Waals surface area contributed by atoms with E-state index in [1.165, 1.54) is 19.2 Å². The van der Waals surface area contributed by atoms with E-state index in [9.17, 15) is 17.6 Å². The number of alkyl halides is 3.